The van der Waals surface area contributed by atoms with Crippen LogP contribution in [0.25, 0.3) is 0 Å². The van der Waals surface area contributed by atoms with Crippen molar-refractivity contribution in [2.24, 2.45) is 5.10 Å². The van der Waals surface area contributed by atoms with E-state index >= 15 is 0 Å². The molecule has 2 rings (SSSR count). The number of benzene rings is 1. The maximum absolute atomic E-state index is 11.6. The topological polar surface area (TPSA) is 63.8 Å². The number of hydrogen-bond donors (Lipinski definition) is 1. The van der Waals surface area contributed by atoms with Crippen LogP contribution in [0.5, 0.6) is 5.75 Å². The molecule has 1 aromatic heterocycles. The molecule has 0 aliphatic rings. The van der Waals surface area contributed by atoms with E-state index in [4.69, 9.17) is 9.15 Å². The van der Waals surface area contributed by atoms with Gasteiger partial charge in [0.1, 0.15) is 5.75 Å². The maximum Gasteiger partial charge on any atom is 0.307 e. The standard InChI is InChI=1S/C17H20N2O3/c1-2-3-4-10-21-15-8-5-7-14(12-15)13-18-19-17(20)16-9-6-11-22-16/h5-9,11-13H,2-4,10H2,1H3,(H,19,20)/b18-13+. The summed E-state index contributed by atoms with van der Waals surface area (Å²) >= 11 is 0. The predicted molar refractivity (Wildman–Crippen MR) is 85.2 cm³/mol. The number of carbonyl (C=O) groups is 1. The lowest BCUT2D eigenvalue weighted by molar-refractivity contribution is 0.0927. The van der Waals surface area contributed by atoms with Gasteiger partial charge in [-0.25, -0.2) is 5.43 Å². The zero-order valence-corrected chi connectivity index (χ0v) is 12.6. The van der Waals surface area contributed by atoms with Crippen molar-refractivity contribution in [1.29, 1.82) is 0 Å². The zero-order valence-electron chi connectivity index (χ0n) is 12.6. The second-order valence-corrected chi connectivity index (χ2v) is 4.80. The van der Waals surface area contributed by atoms with E-state index in [2.05, 4.69) is 17.5 Å². The summed E-state index contributed by atoms with van der Waals surface area (Å²) in [5, 5.41) is 3.91. The molecule has 1 aromatic carbocycles. The van der Waals surface area contributed by atoms with Gasteiger partial charge in [0, 0.05) is 0 Å². The van der Waals surface area contributed by atoms with Crippen LogP contribution in [-0.2, 0) is 0 Å². The number of rotatable bonds is 8. The van der Waals surface area contributed by atoms with Gasteiger partial charge in [-0.1, -0.05) is 31.9 Å². The van der Waals surface area contributed by atoms with Gasteiger partial charge in [0.25, 0.3) is 0 Å². The van der Waals surface area contributed by atoms with Crippen LogP contribution in [0.1, 0.15) is 42.3 Å². The molecular weight excluding hydrogens is 280 g/mol. The number of unbranched alkanes of at least 4 members (excludes halogenated alkanes) is 2. The normalized spacial score (nSPS) is 10.8. The van der Waals surface area contributed by atoms with Crippen molar-refractivity contribution in [3.63, 3.8) is 0 Å². The largest absolute Gasteiger partial charge is 0.494 e. The van der Waals surface area contributed by atoms with Gasteiger partial charge in [-0.3, -0.25) is 4.79 Å². The third kappa shape index (κ3) is 5.09. The molecule has 0 saturated heterocycles. The smallest absolute Gasteiger partial charge is 0.307 e. The minimum absolute atomic E-state index is 0.227. The first kappa shape index (κ1) is 15.8. The molecule has 1 N–H and O–H groups in total. The fraction of sp³-hybridized carbons (Fsp3) is 0.294. The molecule has 5 nitrogen and oxygen atoms in total. The molecule has 0 bridgehead atoms. The number of hydrazone groups is 1. The highest BCUT2D eigenvalue weighted by Crippen LogP contribution is 2.12. The summed E-state index contributed by atoms with van der Waals surface area (Å²) in [7, 11) is 0. The summed E-state index contributed by atoms with van der Waals surface area (Å²) < 4.78 is 10.6. The second kappa shape index (κ2) is 8.67. The molecule has 1 amide bonds. The van der Waals surface area contributed by atoms with Crippen LogP contribution in [0.4, 0.5) is 0 Å². The van der Waals surface area contributed by atoms with Gasteiger partial charge >= 0.3 is 5.91 Å². The summed E-state index contributed by atoms with van der Waals surface area (Å²) in [4.78, 5) is 11.6. The van der Waals surface area contributed by atoms with Crippen molar-refractivity contribution in [2.75, 3.05) is 6.61 Å². The molecule has 2 aromatic rings. The van der Waals surface area contributed by atoms with E-state index in [1.165, 1.54) is 19.1 Å². The molecule has 116 valence electrons. The lowest BCUT2D eigenvalue weighted by Gasteiger charge is -2.06. The van der Waals surface area contributed by atoms with E-state index in [9.17, 15) is 4.79 Å². The van der Waals surface area contributed by atoms with Gasteiger partial charge in [0.15, 0.2) is 5.76 Å². The molecule has 0 unspecified atom stereocenters. The summed E-state index contributed by atoms with van der Waals surface area (Å²) in [6.07, 6.45) is 6.40. The minimum atomic E-state index is -0.381. The summed E-state index contributed by atoms with van der Waals surface area (Å²) in [5.74, 6) is 0.649. The molecule has 5 heteroatoms. The Bertz CT molecular complexity index is 606. The Labute approximate surface area is 130 Å². The molecule has 0 spiro atoms. The molecule has 0 aliphatic carbocycles. The SMILES string of the molecule is CCCCCOc1cccc(/C=N/NC(=O)c2ccco2)c1. The molecule has 22 heavy (non-hydrogen) atoms. The van der Waals surface area contributed by atoms with E-state index in [-0.39, 0.29) is 11.7 Å². The van der Waals surface area contributed by atoms with Gasteiger partial charge in [-0.2, -0.15) is 5.10 Å². The van der Waals surface area contributed by atoms with Crippen molar-refractivity contribution < 1.29 is 13.9 Å². The Morgan fingerprint density at radius 3 is 3.00 bits per heavy atom. The molecular formula is C17H20N2O3. The lowest BCUT2D eigenvalue weighted by Crippen LogP contribution is -2.16. The van der Waals surface area contributed by atoms with Crippen LogP contribution < -0.4 is 10.2 Å². The van der Waals surface area contributed by atoms with Gasteiger partial charge in [0.05, 0.1) is 19.1 Å². The molecule has 0 aliphatic heterocycles. The average Bonchev–Trinajstić information content (AvgIpc) is 3.06. The van der Waals surface area contributed by atoms with E-state index < -0.39 is 0 Å². The van der Waals surface area contributed by atoms with Crippen LogP contribution in [0.2, 0.25) is 0 Å². The number of carbonyl (C=O) groups excluding carboxylic acids is 1. The number of furan rings is 1. The highest BCUT2D eigenvalue weighted by molar-refractivity contribution is 5.92. The van der Waals surface area contributed by atoms with E-state index in [0.29, 0.717) is 6.61 Å². The summed E-state index contributed by atoms with van der Waals surface area (Å²) in [6.45, 7) is 2.87. The molecule has 1 heterocycles. The van der Waals surface area contributed by atoms with Gasteiger partial charge in [-0.15, -0.1) is 0 Å². The monoisotopic (exact) mass is 300 g/mol. The lowest BCUT2D eigenvalue weighted by atomic mass is 10.2. The number of hydrogen-bond acceptors (Lipinski definition) is 4. The van der Waals surface area contributed by atoms with Crippen LogP contribution in [-0.4, -0.2) is 18.7 Å². The molecule has 0 saturated carbocycles. The van der Waals surface area contributed by atoms with Gasteiger partial charge in [-0.05, 0) is 36.2 Å². The first-order valence-corrected chi connectivity index (χ1v) is 7.39. The number of amides is 1. The quantitative estimate of drug-likeness (QED) is 0.460. The van der Waals surface area contributed by atoms with Crippen molar-refractivity contribution in [3.8, 4) is 5.75 Å². The average molecular weight is 300 g/mol. The van der Waals surface area contributed by atoms with Crippen LogP contribution in [0, 0.1) is 0 Å². The molecule has 0 atom stereocenters. The first-order chi connectivity index (χ1) is 10.8. The summed E-state index contributed by atoms with van der Waals surface area (Å²) in [5.41, 5.74) is 3.26. The number of nitrogens with one attached hydrogen (secondary N) is 1. The van der Waals surface area contributed by atoms with E-state index in [1.807, 2.05) is 24.3 Å². The molecule has 0 radical (unpaired) electrons. The Kier molecular flexibility index (Phi) is 6.23. The van der Waals surface area contributed by atoms with Crippen LogP contribution in [0.3, 0.4) is 0 Å². The van der Waals surface area contributed by atoms with Crippen molar-refractivity contribution in [1.82, 2.24) is 5.43 Å². The fourth-order valence-corrected chi connectivity index (χ4v) is 1.86. The van der Waals surface area contributed by atoms with Crippen LogP contribution >= 0.6 is 0 Å². The van der Waals surface area contributed by atoms with E-state index in [0.717, 1.165) is 17.7 Å². The Morgan fingerprint density at radius 1 is 1.32 bits per heavy atom. The number of ether oxygens (including phenoxy) is 1. The van der Waals surface area contributed by atoms with Crippen molar-refractivity contribution in [2.45, 2.75) is 26.2 Å². The third-order valence-electron chi connectivity index (χ3n) is 3.00. The summed E-state index contributed by atoms with van der Waals surface area (Å²) in [6, 6.07) is 10.8. The molecule has 0 fully saturated rings. The first-order valence-electron chi connectivity index (χ1n) is 7.39. The third-order valence-corrected chi connectivity index (χ3v) is 3.00. The predicted octanol–water partition coefficient (Wildman–Crippen LogP) is 3.61. The van der Waals surface area contributed by atoms with Gasteiger partial charge in [0.2, 0.25) is 0 Å². The van der Waals surface area contributed by atoms with Crippen molar-refractivity contribution >= 4 is 12.1 Å². The number of nitrogens with zero attached hydrogens (tertiary/aromatic N) is 1. The Morgan fingerprint density at radius 2 is 2.23 bits per heavy atom. The zero-order chi connectivity index (χ0) is 15.6. The second-order valence-electron chi connectivity index (χ2n) is 4.80. The minimum Gasteiger partial charge on any atom is -0.494 e. The van der Waals surface area contributed by atoms with Crippen molar-refractivity contribution in [3.05, 3.63) is 54.0 Å². The maximum atomic E-state index is 11.6. The Hall–Kier alpha value is -2.56. The van der Waals surface area contributed by atoms with Crippen LogP contribution in [0.15, 0.2) is 52.2 Å². The van der Waals surface area contributed by atoms with E-state index in [1.54, 1.807) is 18.3 Å². The Balaban J connectivity index is 1.84. The van der Waals surface area contributed by atoms with Gasteiger partial charge < -0.3 is 9.15 Å². The highest BCUT2D eigenvalue weighted by atomic mass is 16.5. The highest BCUT2D eigenvalue weighted by Gasteiger charge is 2.05. The fourth-order valence-electron chi connectivity index (χ4n) is 1.86.